The van der Waals surface area contributed by atoms with Gasteiger partial charge in [-0.25, -0.2) is 0 Å². The third-order valence-electron chi connectivity index (χ3n) is 7.03. The number of piperazine rings is 2. The third kappa shape index (κ3) is 4.64. The second-order valence-corrected chi connectivity index (χ2v) is 8.87. The highest BCUT2D eigenvalue weighted by atomic mass is 16.2. The number of hydrogen-bond acceptors (Lipinski definition) is 4. The van der Waals surface area contributed by atoms with E-state index < -0.39 is 0 Å². The molecular weight excluding hydrogens is 364 g/mol. The Balaban J connectivity index is 1.22. The summed E-state index contributed by atoms with van der Waals surface area (Å²) in [5, 5.41) is 0. The molecule has 1 aliphatic carbocycles. The lowest BCUT2D eigenvalue weighted by molar-refractivity contribution is -0.135. The van der Waals surface area contributed by atoms with Crippen molar-refractivity contribution in [2.45, 2.75) is 39.2 Å². The summed E-state index contributed by atoms with van der Waals surface area (Å²) in [6.45, 7) is 11.3. The minimum Gasteiger partial charge on any atom is -0.339 e. The van der Waals surface area contributed by atoms with E-state index in [0.717, 1.165) is 56.4 Å². The molecule has 0 atom stereocenters. The second kappa shape index (κ2) is 8.84. The van der Waals surface area contributed by atoms with E-state index in [2.05, 4.69) is 16.7 Å². The fourth-order valence-corrected chi connectivity index (χ4v) is 4.55. The average Bonchev–Trinajstić information content (AvgIpc) is 2.69. The normalized spacial score (nSPS) is 21.9. The van der Waals surface area contributed by atoms with Crippen LogP contribution >= 0.6 is 0 Å². The lowest BCUT2D eigenvalue weighted by atomic mass is 9.91. The molecule has 29 heavy (non-hydrogen) atoms. The largest absolute Gasteiger partial charge is 0.339 e. The quantitative estimate of drug-likeness (QED) is 0.775. The predicted molar refractivity (Wildman–Crippen MR) is 114 cm³/mol. The highest BCUT2D eigenvalue weighted by Crippen LogP contribution is 2.25. The van der Waals surface area contributed by atoms with Crippen molar-refractivity contribution in [3.05, 3.63) is 34.9 Å². The Hall–Kier alpha value is -1.92. The Morgan fingerprint density at radius 1 is 0.862 bits per heavy atom. The van der Waals surface area contributed by atoms with Gasteiger partial charge < -0.3 is 9.80 Å². The number of carbonyl (C=O) groups excluding carboxylic acids is 2. The number of rotatable bonds is 4. The van der Waals surface area contributed by atoms with Crippen LogP contribution < -0.4 is 0 Å². The Morgan fingerprint density at radius 3 is 2.10 bits per heavy atom. The molecule has 0 spiro atoms. The van der Waals surface area contributed by atoms with Gasteiger partial charge in [-0.15, -0.1) is 0 Å². The van der Waals surface area contributed by atoms with Crippen molar-refractivity contribution < 1.29 is 9.59 Å². The number of nitrogens with zero attached hydrogens (tertiary/aromatic N) is 4. The molecule has 0 aromatic heterocycles. The first-order valence-corrected chi connectivity index (χ1v) is 11.1. The maximum Gasteiger partial charge on any atom is 0.253 e. The molecule has 6 heteroatoms. The molecule has 0 unspecified atom stereocenters. The fourth-order valence-electron chi connectivity index (χ4n) is 4.55. The fraction of sp³-hybridized carbons (Fsp3) is 0.652. The van der Waals surface area contributed by atoms with Crippen LogP contribution in [-0.2, 0) is 4.79 Å². The molecule has 158 valence electrons. The maximum atomic E-state index is 12.8. The summed E-state index contributed by atoms with van der Waals surface area (Å²) in [5.41, 5.74) is 3.12. The van der Waals surface area contributed by atoms with Gasteiger partial charge in [-0.2, -0.15) is 0 Å². The van der Waals surface area contributed by atoms with Crippen LogP contribution in [0.4, 0.5) is 0 Å². The Morgan fingerprint density at radius 2 is 1.52 bits per heavy atom. The van der Waals surface area contributed by atoms with Gasteiger partial charge in [0.15, 0.2) is 0 Å². The van der Waals surface area contributed by atoms with Gasteiger partial charge in [0.2, 0.25) is 5.91 Å². The lowest BCUT2D eigenvalue weighted by Gasteiger charge is -2.43. The maximum absolute atomic E-state index is 12.8. The molecule has 0 radical (unpaired) electrons. The van der Waals surface area contributed by atoms with Crippen LogP contribution in [0.1, 0.15) is 40.7 Å². The van der Waals surface area contributed by atoms with Crippen molar-refractivity contribution in [2.75, 3.05) is 58.9 Å². The smallest absolute Gasteiger partial charge is 0.253 e. The summed E-state index contributed by atoms with van der Waals surface area (Å²) in [7, 11) is 0. The van der Waals surface area contributed by atoms with Crippen molar-refractivity contribution in [1.82, 2.24) is 19.6 Å². The molecule has 1 aromatic carbocycles. The van der Waals surface area contributed by atoms with Crippen molar-refractivity contribution in [3.8, 4) is 0 Å². The number of aryl methyl sites for hydroxylation is 2. The Bertz CT molecular complexity index is 745. The molecule has 3 aliphatic rings. The molecular formula is C23H34N4O2. The number of hydrogen-bond donors (Lipinski definition) is 0. The number of carbonyl (C=O) groups is 2. The highest BCUT2D eigenvalue weighted by molar-refractivity contribution is 5.94. The summed E-state index contributed by atoms with van der Waals surface area (Å²) >= 11 is 0. The van der Waals surface area contributed by atoms with Gasteiger partial charge in [0.05, 0.1) is 6.54 Å². The van der Waals surface area contributed by atoms with Crippen molar-refractivity contribution >= 4 is 11.8 Å². The van der Waals surface area contributed by atoms with Gasteiger partial charge in [0.25, 0.3) is 5.91 Å². The van der Waals surface area contributed by atoms with E-state index in [1.807, 2.05) is 34.9 Å². The van der Waals surface area contributed by atoms with E-state index in [0.29, 0.717) is 19.6 Å². The minimum atomic E-state index is 0.103. The zero-order valence-electron chi connectivity index (χ0n) is 17.9. The van der Waals surface area contributed by atoms with E-state index in [1.54, 1.807) is 0 Å². The van der Waals surface area contributed by atoms with E-state index in [-0.39, 0.29) is 11.8 Å². The average molecular weight is 399 g/mol. The van der Waals surface area contributed by atoms with Gasteiger partial charge in [-0.3, -0.25) is 19.4 Å². The highest BCUT2D eigenvalue weighted by Gasteiger charge is 2.30. The molecule has 2 heterocycles. The first-order valence-electron chi connectivity index (χ1n) is 11.1. The molecule has 0 bridgehead atoms. The molecule has 2 amide bonds. The van der Waals surface area contributed by atoms with Gasteiger partial charge in [-0.05, 0) is 49.9 Å². The molecule has 1 saturated carbocycles. The van der Waals surface area contributed by atoms with Crippen molar-refractivity contribution in [3.63, 3.8) is 0 Å². The van der Waals surface area contributed by atoms with Crippen LogP contribution in [-0.4, -0.2) is 96.4 Å². The minimum absolute atomic E-state index is 0.103. The zero-order valence-corrected chi connectivity index (χ0v) is 17.9. The van der Waals surface area contributed by atoms with Gasteiger partial charge in [0.1, 0.15) is 0 Å². The standard InChI is InChI=1S/C23H34N4O2/c1-18-6-7-20(16-19(18)2)23(29)27-10-8-24(9-11-27)17-22(28)26-14-12-25(13-15-26)21-4-3-5-21/h6-7,16,21H,3-5,8-15,17H2,1-2H3. The molecule has 3 fully saturated rings. The molecule has 2 aliphatic heterocycles. The molecule has 0 N–H and O–H groups in total. The molecule has 1 aromatic rings. The molecule has 6 nitrogen and oxygen atoms in total. The van der Waals surface area contributed by atoms with Gasteiger partial charge in [0, 0.05) is 64.0 Å². The number of amides is 2. The Labute approximate surface area is 174 Å². The Kier molecular flexibility index (Phi) is 6.20. The van der Waals surface area contributed by atoms with E-state index in [4.69, 9.17) is 0 Å². The van der Waals surface area contributed by atoms with E-state index in [9.17, 15) is 9.59 Å². The molecule has 4 rings (SSSR count). The summed E-state index contributed by atoms with van der Waals surface area (Å²) in [4.78, 5) is 34.2. The van der Waals surface area contributed by atoms with Crippen LogP contribution in [0.5, 0.6) is 0 Å². The summed E-state index contributed by atoms with van der Waals surface area (Å²) in [5.74, 6) is 0.346. The second-order valence-electron chi connectivity index (χ2n) is 8.87. The van der Waals surface area contributed by atoms with Crippen LogP contribution in [0.15, 0.2) is 18.2 Å². The first kappa shape index (κ1) is 20.4. The van der Waals surface area contributed by atoms with Crippen molar-refractivity contribution in [2.24, 2.45) is 0 Å². The monoisotopic (exact) mass is 398 g/mol. The topological polar surface area (TPSA) is 47.1 Å². The summed E-state index contributed by atoms with van der Waals surface area (Å²) < 4.78 is 0. The van der Waals surface area contributed by atoms with Gasteiger partial charge >= 0.3 is 0 Å². The van der Waals surface area contributed by atoms with Crippen LogP contribution in [0.25, 0.3) is 0 Å². The SMILES string of the molecule is Cc1ccc(C(=O)N2CCN(CC(=O)N3CCN(C4CCC4)CC3)CC2)cc1C. The number of benzene rings is 1. The zero-order chi connectivity index (χ0) is 20.4. The van der Waals surface area contributed by atoms with Crippen molar-refractivity contribution in [1.29, 1.82) is 0 Å². The van der Waals surface area contributed by atoms with Gasteiger partial charge in [-0.1, -0.05) is 12.5 Å². The lowest BCUT2D eigenvalue weighted by Crippen LogP contribution is -2.56. The third-order valence-corrected chi connectivity index (χ3v) is 7.03. The molecule has 2 saturated heterocycles. The first-order chi connectivity index (χ1) is 14.0. The summed E-state index contributed by atoms with van der Waals surface area (Å²) in [6.07, 6.45) is 4.03. The van der Waals surface area contributed by atoms with E-state index >= 15 is 0 Å². The van der Waals surface area contributed by atoms with E-state index in [1.165, 1.54) is 24.8 Å². The van der Waals surface area contributed by atoms with Crippen LogP contribution in [0, 0.1) is 13.8 Å². The van der Waals surface area contributed by atoms with Crippen LogP contribution in [0.3, 0.4) is 0 Å². The van der Waals surface area contributed by atoms with Crippen LogP contribution in [0.2, 0.25) is 0 Å². The predicted octanol–water partition coefficient (Wildman–Crippen LogP) is 1.76. The summed E-state index contributed by atoms with van der Waals surface area (Å²) in [6, 6.07) is 6.69.